The van der Waals surface area contributed by atoms with Gasteiger partial charge in [0.1, 0.15) is 18.6 Å². The molecule has 0 aliphatic carbocycles. The Balaban J connectivity index is 2.60. The minimum atomic E-state index is -4.37. The fraction of sp³-hybridized carbons (Fsp3) is 0.417. The van der Waals surface area contributed by atoms with E-state index in [0.717, 1.165) is 0 Å². The van der Waals surface area contributed by atoms with Crippen LogP contribution in [0.3, 0.4) is 0 Å². The van der Waals surface area contributed by atoms with Crippen LogP contribution in [0.4, 0.5) is 13.2 Å². The monoisotopic (exact) mass is 262 g/mol. The van der Waals surface area contributed by atoms with Crippen LogP contribution in [-0.4, -0.2) is 25.9 Å². The summed E-state index contributed by atoms with van der Waals surface area (Å²) in [4.78, 5) is 10.6. The maximum absolute atomic E-state index is 11.8. The van der Waals surface area contributed by atoms with Crippen LogP contribution in [0.15, 0.2) is 12.1 Å². The van der Waals surface area contributed by atoms with Gasteiger partial charge in [-0.2, -0.15) is 13.2 Å². The van der Waals surface area contributed by atoms with Crippen LogP contribution in [0.25, 0.3) is 0 Å². The number of aldehydes is 1. The predicted octanol–water partition coefficient (Wildman–Crippen LogP) is 3.03. The lowest BCUT2D eigenvalue weighted by atomic mass is 10.1. The molecule has 0 amide bonds. The zero-order valence-electron chi connectivity index (χ0n) is 10.0. The molecule has 0 N–H and O–H groups in total. The molecular weight excluding hydrogens is 249 g/mol. The third-order valence-electron chi connectivity index (χ3n) is 2.17. The van der Waals surface area contributed by atoms with Gasteiger partial charge >= 0.3 is 6.18 Å². The fourth-order valence-electron chi connectivity index (χ4n) is 1.54. The zero-order chi connectivity index (χ0) is 13.8. The molecule has 0 aliphatic rings. The lowest BCUT2D eigenvalue weighted by Gasteiger charge is -2.13. The van der Waals surface area contributed by atoms with Gasteiger partial charge in [0, 0.05) is 5.56 Å². The molecule has 18 heavy (non-hydrogen) atoms. The van der Waals surface area contributed by atoms with Crippen LogP contribution in [0.2, 0.25) is 0 Å². The van der Waals surface area contributed by atoms with Crippen molar-refractivity contribution in [1.82, 2.24) is 0 Å². The summed E-state index contributed by atoms with van der Waals surface area (Å²) < 4.78 is 44.9. The van der Waals surface area contributed by atoms with Gasteiger partial charge in [-0.25, -0.2) is 0 Å². The number of alkyl halides is 3. The van der Waals surface area contributed by atoms with E-state index < -0.39 is 19.6 Å². The van der Waals surface area contributed by atoms with Gasteiger partial charge in [0.15, 0.2) is 6.79 Å². The highest BCUT2D eigenvalue weighted by atomic mass is 19.4. The van der Waals surface area contributed by atoms with Crippen LogP contribution >= 0.6 is 0 Å². The lowest BCUT2D eigenvalue weighted by Crippen LogP contribution is -2.19. The number of halogens is 3. The summed E-state index contributed by atoms with van der Waals surface area (Å²) in [5.74, 6) is 0.433. The van der Waals surface area contributed by atoms with Crippen molar-refractivity contribution in [2.24, 2.45) is 0 Å². The molecule has 1 aromatic rings. The summed E-state index contributed by atoms with van der Waals surface area (Å²) in [7, 11) is 0. The zero-order valence-corrected chi connectivity index (χ0v) is 10.0. The number of carbonyl (C=O) groups is 1. The van der Waals surface area contributed by atoms with E-state index in [0.29, 0.717) is 28.7 Å². The van der Waals surface area contributed by atoms with E-state index in [2.05, 4.69) is 4.74 Å². The molecule has 0 bridgehead atoms. The van der Waals surface area contributed by atoms with E-state index in [1.54, 1.807) is 26.0 Å². The average molecular weight is 262 g/mol. The van der Waals surface area contributed by atoms with E-state index in [1.165, 1.54) is 0 Å². The van der Waals surface area contributed by atoms with Crippen molar-refractivity contribution in [2.45, 2.75) is 20.0 Å². The molecule has 0 aliphatic heterocycles. The molecular formula is C12H13F3O3. The summed E-state index contributed by atoms with van der Waals surface area (Å²) in [6.07, 6.45) is -3.67. The highest BCUT2D eigenvalue weighted by molar-refractivity contribution is 5.76. The summed E-state index contributed by atoms with van der Waals surface area (Å²) in [6, 6.07) is 3.19. The van der Waals surface area contributed by atoms with Gasteiger partial charge in [-0.3, -0.25) is 4.79 Å². The maximum Gasteiger partial charge on any atom is 0.411 e. The molecule has 0 heterocycles. The van der Waals surface area contributed by atoms with Crippen LogP contribution in [-0.2, 0) is 4.74 Å². The predicted molar refractivity (Wildman–Crippen MR) is 58.8 cm³/mol. The fourth-order valence-corrected chi connectivity index (χ4v) is 1.54. The van der Waals surface area contributed by atoms with Gasteiger partial charge in [0.05, 0.1) is 0 Å². The van der Waals surface area contributed by atoms with Crippen LogP contribution in [0.1, 0.15) is 21.5 Å². The third-order valence-corrected chi connectivity index (χ3v) is 2.17. The molecule has 0 saturated carbocycles. The molecule has 6 heteroatoms. The van der Waals surface area contributed by atoms with Crippen LogP contribution in [0, 0.1) is 13.8 Å². The van der Waals surface area contributed by atoms with E-state index in [4.69, 9.17) is 4.74 Å². The Kier molecular flexibility index (Phi) is 4.72. The molecule has 0 radical (unpaired) electrons. The second-order valence-electron chi connectivity index (χ2n) is 3.83. The summed E-state index contributed by atoms with van der Waals surface area (Å²) >= 11 is 0. The Morgan fingerprint density at radius 1 is 1.22 bits per heavy atom. The summed E-state index contributed by atoms with van der Waals surface area (Å²) in [6.45, 7) is 1.58. The standard InChI is InChI=1S/C12H13F3O3/c1-8-3-10(5-16)4-9(2)11(8)18-7-17-6-12(13,14)15/h3-5H,6-7H2,1-2H3. The first-order valence-corrected chi connectivity index (χ1v) is 5.17. The number of carbonyl (C=O) groups excluding carboxylic acids is 1. The second-order valence-corrected chi connectivity index (χ2v) is 3.83. The molecule has 0 fully saturated rings. The van der Waals surface area contributed by atoms with Crippen LogP contribution in [0.5, 0.6) is 5.75 Å². The number of rotatable bonds is 5. The van der Waals surface area contributed by atoms with Gasteiger partial charge < -0.3 is 9.47 Å². The number of hydrogen-bond acceptors (Lipinski definition) is 3. The van der Waals surface area contributed by atoms with Crippen molar-refractivity contribution in [1.29, 1.82) is 0 Å². The van der Waals surface area contributed by atoms with E-state index in [-0.39, 0.29) is 0 Å². The highest BCUT2D eigenvalue weighted by Crippen LogP contribution is 2.24. The van der Waals surface area contributed by atoms with Gasteiger partial charge in [-0.05, 0) is 37.1 Å². The van der Waals surface area contributed by atoms with Gasteiger partial charge in [0.25, 0.3) is 0 Å². The Labute approximate surface area is 103 Å². The van der Waals surface area contributed by atoms with Crippen molar-refractivity contribution < 1.29 is 27.4 Å². The van der Waals surface area contributed by atoms with Gasteiger partial charge in [0.2, 0.25) is 0 Å². The Hall–Kier alpha value is -1.56. The molecule has 0 atom stereocenters. The topological polar surface area (TPSA) is 35.5 Å². The first-order chi connectivity index (χ1) is 8.33. The van der Waals surface area contributed by atoms with E-state index in [1.807, 2.05) is 0 Å². The van der Waals surface area contributed by atoms with Crippen LogP contribution < -0.4 is 4.74 Å². The van der Waals surface area contributed by atoms with E-state index >= 15 is 0 Å². The third kappa shape index (κ3) is 4.37. The Morgan fingerprint density at radius 3 is 2.22 bits per heavy atom. The van der Waals surface area contributed by atoms with Gasteiger partial charge in [-0.15, -0.1) is 0 Å². The quantitative estimate of drug-likeness (QED) is 0.465. The first kappa shape index (κ1) is 14.5. The minimum Gasteiger partial charge on any atom is -0.467 e. The maximum atomic E-state index is 11.8. The smallest absolute Gasteiger partial charge is 0.411 e. The molecule has 3 nitrogen and oxygen atoms in total. The molecule has 0 saturated heterocycles. The van der Waals surface area contributed by atoms with Crippen molar-refractivity contribution in [3.05, 3.63) is 28.8 Å². The van der Waals surface area contributed by atoms with Crippen molar-refractivity contribution in [2.75, 3.05) is 13.4 Å². The molecule has 1 aromatic carbocycles. The highest BCUT2D eigenvalue weighted by Gasteiger charge is 2.27. The number of aryl methyl sites for hydroxylation is 2. The van der Waals surface area contributed by atoms with Gasteiger partial charge in [-0.1, -0.05) is 0 Å². The first-order valence-electron chi connectivity index (χ1n) is 5.17. The summed E-state index contributed by atoms with van der Waals surface area (Å²) in [5, 5.41) is 0. The van der Waals surface area contributed by atoms with E-state index in [9.17, 15) is 18.0 Å². The van der Waals surface area contributed by atoms with Crippen molar-refractivity contribution in [3.63, 3.8) is 0 Å². The Bertz CT molecular complexity index is 404. The molecule has 0 unspecified atom stereocenters. The SMILES string of the molecule is Cc1cc(C=O)cc(C)c1OCOCC(F)(F)F. The number of ether oxygens (including phenoxy) is 2. The molecule has 0 spiro atoms. The van der Waals surface area contributed by atoms with Crippen molar-refractivity contribution in [3.8, 4) is 5.75 Å². The normalized spacial score (nSPS) is 11.4. The Morgan fingerprint density at radius 2 is 1.78 bits per heavy atom. The lowest BCUT2D eigenvalue weighted by molar-refractivity contribution is -0.186. The van der Waals surface area contributed by atoms with Crippen molar-refractivity contribution >= 4 is 6.29 Å². The summed E-state index contributed by atoms with van der Waals surface area (Å²) in [5.41, 5.74) is 1.84. The largest absolute Gasteiger partial charge is 0.467 e. The number of benzene rings is 1. The minimum absolute atomic E-state index is 0.433. The average Bonchev–Trinajstić information content (AvgIpc) is 2.25. The second kappa shape index (κ2) is 5.86. The molecule has 1 rings (SSSR count). The molecule has 100 valence electrons. The number of hydrogen-bond donors (Lipinski definition) is 0. The molecule has 0 aromatic heterocycles.